The molecule has 0 saturated carbocycles. The molecule has 0 aliphatic heterocycles. The van der Waals surface area contributed by atoms with Gasteiger partial charge in [-0.2, -0.15) is 0 Å². The first kappa shape index (κ1) is 14.4. The van der Waals surface area contributed by atoms with Gasteiger partial charge in [-0.15, -0.1) is 0 Å². The Balaban J connectivity index is 2.22. The molecule has 22 heavy (non-hydrogen) atoms. The number of hydrogen-bond donors (Lipinski definition) is 0. The molecule has 0 aliphatic carbocycles. The van der Waals surface area contributed by atoms with E-state index in [1.54, 1.807) is 13.2 Å². The molecule has 3 heteroatoms. The third kappa shape index (κ3) is 2.62. The molecule has 0 saturated heterocycles. The van der Waals surface area contributed by atoms with Gasteiger partial charge in [0.05, 0.1) is 12.5 Å². The van der Waals surface area contributed by atoms with E-state index >= 15 is 0 Å². The molecule has 0 fully saturated rings. The average Bonchev–Trinajstić information content (AvgIpc) is 2.56. The van der Waals surface area contributed by atoms with Gasteiger partial charge in [0.25, 0.3) is 0 Å². The summed E-state index contributed by atoms with van der Waals surface area (Å²) in [6, 6.07) is 14.8. The maximum absolute atomic E-state index is 12.4. The zero-order valence-corrected chi connectivity index (χ0v) is 12.8. The van der Waals surface area contributed by atoms with E-state index in [2.05, 4.69) is 6.92 Å². The summed E-state index contributed by atoms with van der Waals surface area (Å²) < 4.78 is 11.3. The molecule has 3 rings (SSSR count). The first-order chi connectivity index (χ1) is 10.7. The topological polar surface area (TPSA) is 39.4 Å². The van der Waals surface area contributed by atoms with E-state index < -0.39 is 0 Å². The van der Waals surface area contributed by atoms with Gasteiger partial charge in [-0.05, 0) is 30.2 Å². The molecule has 0 bridgehead atoms. The molecule has 2 aromatic carbocycles. The lowest BCUT2D eigenvalue weighted by Gasteiger charge is -2.08. The Hall–Kier alpha value is -2.55. The van der Waals surface area contributed by atoms with E-state index in [1.165, 1.54) is 0 Å². The fourth-order valence-corrected chi connectivity index (χ4v) is 2.62. The van der Waals surface area contributed by atoms with Crippen molar-refractivity contribution < 1.29 is 9.15 Å². The van der Waals surface area contributed by atoms with Crippen LogP contribution < -0.4 is 10.2 Å². The number of para-hydroxylation sites is 1. The van der Waals surface area contributed by atoms with Crippen LogP contribution in [0.5, 0.6) is 5.75 Å². The number of hydrogen-bond acceptors (Lipinski definition) is 3. The second-order valence-corrected chi connectivity index (χ2v) is 5.25. The van der Waals surface area contributed by atoms with Gasteiger partial charge in [-0.25, -0.2) is 0 Å². The van der Waals surface area contributed by atoms with Crippen molar-refractivity contribution in [1.82, 2.24) is 0 Å². The van der Waals surface area contributed by atoms with Gasteiger partial charge in [-0.1, -0.05) is 37.6 Å². The molecule has 112 valence electrons. The number of ether oxygens (including phenoxy) is 1. The molecule has 0 amide bonds. The smallest absolute Gasteiger partial charge is 0.193 e. The molecule has 0 atom stereocenters. The quantitative estimate of drug-likeness (QED) is 0.715. The van der Waals surface area contributed by atoms with Gasteiger partial charge in [0.1, 0.15) is 17.1 Å². The van der Waals surface area contributed by atoms with Crippen molar-refractivity contribution in [3.8, 4) is 17.1 Å². The van der Waals surface area contributed by atoms with Crippen LogP contribution >= 0.6 is 0 Å². The monoisotopic (exact) mass is 294 g/mol. The van der Waals surface area contributed by atoms with E-state index in [-0.39, 0.29) is 5.43 Å². The highest BCUT2D eigenvalue weighted by molar-refractivity contribution is 5.81. The summed E-state index contributed by atoms with van der Waals surface area (Å²) in [4.78, 5) is 12.4. The fourth-order valence-electron chi connectivity index (χ4n) is 2.62. The van der Waals surface area contributed by atoms with Crippen LogP contribution in [0.4, 0.5) is 0 Å². The molecular weight excluding hydrogens is 276 g/mol. The van der Waals surface area contributed by atoms with Gasteiger partial charge in [0, 0.05) is 11.6 Å². The summed E-state index contributed by atoms with van der Waals surface area (Å²) >= 11 is 0. The Morgan fingerprint density at radius 3 is 2.68 bits per heavy atom. The highest BCUT2D eigenvalue weighted by atomic mass is 16.5. The van der Waals surface area contributed by atoms with Crippen LogP contribution in [0.3, 0.4) is 0 Å². The van der Waals surface area contributed by atoms with E-state index in [1.807, 2.05) is 42.5 Å². The Morgan fingerprint density at radius 2 is 1.91 bits per heavy atom. The van der Waals surface area contributed by atoms with E-state index in [9.17, 15) is 4.79 Å². The van der Waals surface area contributed by atoms with Crippen LogP contribution in [-0.4, -0.2) is 7.11 Å². The lowest BCUT2D eigenvalue weighted by Crippen LogP contribution is -2.02. The number of fused-ring (bicyclic) bond motifs is 1. The summed E-state index contributed by atoms with van der Waals surface area (Å²) in [7, 11) is 1.62. The summed E-state index contributed by atoms with van der Waals surface area (Å²) in [5, 5.41) is 0.637. The molecule has 0 aliphatic rings. The van der Waals surface area contributed by atoms with Gasteiger partial charge >= 0.3 is 0 Å². The molecule has 1 aromatic heterocycles. The van der Waals surface area contributed by atoms with Gasteiger partial charge in [0.15, 0.2) is 5.43 Å². The zero-order valence-electron chi connectivity index (χ0n) is 12.8. The van der Waals surface area contributed by atoms with Crippen molar-refractivity contribution in [3.63, 3.8) is 0 Å². The van der Waals surface area contributed by atoms with Crippen molar-refractivity contribution in [2.24, 2.45) is 0 Å². The summed E-state index contributed by atoms with van der Waals surface area (Å²) in [5.41, 5.74) is 2.58. The second-order valence-electron chi connectivity index (χ2n) is 5.25. The van der Waals surface area contributed by atoms with Crippen LogP contribution in [0.25, 0.3) is 22.3 Å². The van der Waals surface area contributed by atoms with Crippen molar-refractivity contribution in [1.29, 1.82) is 0 Å². The molecule has 0 N–H and O–H groups in total. The maximum atomic E-state index is 12.4. The Labute approximate surface area is 129 Å². The third-order valence-electron chi connectivity index (χ3n) is 3.71. The number of rotatable bonds is 4. The highest BCUT2D eigenvalue weighted by Gasteiger charge is 2.10. The molecule has 0 spiro atoms. The third-order valence-corrected chi connectivity index (χ3v) is 3.71. The van der Waals surface area contributed by atoms with Crippen LogP contribution in [0, 0.1) is 0 Å². The predicted molar refractivity (Wildman–Crippen MR) is 88.5 cm³/mol. The Bertz CT molecular complexity index is 862. The fraction of sp³-hybridized carbons (Fsp3) is 0.211. The minimum atomic E-state index is -0.0166. The molecule has 3 aromatic rings. The van der Waals surface area contributed by atoms with Gasteiger partial charge < -0.3 is 9.15 Å². The first-order valence-electron chi connectivity index (χ1n) is 7.43. The molecule has 1 heterocycles. The molecule has 0 unspecified atom stereocenters. The van der Waals surface area contributed by atoms with Crippen molar-refractivity contribution in [3.05, 3.63) is 64.3 Å². The SMILES string of the molecule is CCCc1cccc2c(=O)cc(-c3cccc(OC)c3)oc12. The van der Waals surface area contributed by atoms with E-state index in [0.717, 1.165) is 29.7 Å². The van der Waals surface area contributed by atoms with Crippen molar-refractivity contribution in [2.45, 2.75) is 19.8 Å². The van der Waals surface area contributed by atoms with Crippen molar-refractivity contribution >= 4 is 11.0 Å². The molecule has 3 nitrogen and oxygen atoms in total. The first-order valence-corrected chi connectivity index (χ1v) is 7.43. The molecule has 0 radical (unpaired) electrons. The second kappa shape index (κ2) is 6.06. The predicted octanol–water partition coefficient (Wildman–Crippen LogP) is 4.42. The number of benzene rings is 2. The maximum Gasteiger partial charge on any atom is 0.193 e. The minimum absolute atomic E-state index is 0.0166. The number of methoxy groups -OCH3 is 1. The lowest BCUT2D eigenvalue weighted by atomic mass is 10.1. The van der Waals surface area contributed by atoms with Crippen LogP contribution in [0.15, 0.2) is 57.7 Å². The van der Waals surface area contributed by atoms with E-state index in [4.69, 9.17) is 9.15 Å². The Morgan fingerprint density at radius 1 is 1.09 bits per heavy atom. The number of aryl methyl sites for hydroxylation is 1. The van der Waals surface area contributed by atoms with Crippen LogP contribution in [-0.2, 0) is 6.42 Å². The summed E-state index contributed by atoms with van der Waals surface area (Å²) in [6.07, 6.45) is 1.90. The van der Waals surface area contributed by atoms with Gasteiger partial charge in [0.2, 0.25) is 0 Å². The highest BCUT2D eigenvalue weighted by Crippen LogP contribution is 2.27. The van der Waals surface area contributed by atoms with Crippen LogP contribution in [0.1, 0.15) is 18.9 Å². The minimum Gasteiger partial charge on any atom is -0.497 e. The standard InChI is InChI=1S/C19H18O3/c1-3-6-13-7-5-10-16-17(20)12-18(22-19(13)16)14-8-4-9-15(11-14)21-2/h4-5,7-12H,3,6H2,1-2H3. The van der Waals surface area contributed by atoms with E-state index in [0.29, 0.717) is 16.7 Å². The summed E-state index contributed by atoms with van der Waals surface area (Å²) in [5.74, 6) is 1.31. The molecular formula is C19H18O3. The largest absolute Gasteiger partial charge is 0.497 e. The summed E-state index contributed by atoms with van der Waals surface area (Å²) in [6.45, 7) is 2.11. The van der Waals surface area contributed by atoms with Crippen LogP contribution in [0.2, 0.25) is 0 Å². The average molecular weight is 294 g/mol. The Kier molecular flexibility index (Phi) is 3.96. The normalized spacial score (nSPS) is 10.8. The lowest BCUT2D eigenvalue weighted by molar-refractivity contribution is 0.415. The zero-order chi connectivity index (χ0) is 15.5. The van der Waals surface area contributed by atoms with Gasteiger partial charge in [-0.3, -0.25) is 4.79 Å². The van der Waals surface area contributed by atoms with Crippen molar-refractivity contribution in [2.75, 3.05) is 7.11 Å².